The molecule has 4 nitrogen and oxygen atoms in total. The van der Waals surface area contributed by atoms with Crippen LogP contribution in [0.1, 0.15) is 12.5 Å². The SMILES string of the molecule is CCc1ccc(OCCNC(=O)Nc2ccc(F)c(F)c2)cc1. The largest absolute Gasteiger partial charge is 0.492 e. The highest BCUT2D eigenvalue weighted by atomic mass is 19.2. The van der Waals surface area contributed by atoms with E-state index in [1.165, 1.54) is 11.6 Å². The second kappa shape index (κ2) is 8.12. The number of benzene rings is 2. The zero-order chi connectivity index (χ0) is 16.7. The van der Waals surface area contributed by atoms with Gasteiger partial charge in [0.2, 0.25) is 0 Å². The topological polar surface area (TPSA) is 50.4 Å². The first-order valence-corrected chi connectivity index (χ1v) is 7.30. The first-order valence-electron chi connectivity index (χ1n) is 7.30. The van der Waals surface area contributed by atoms with Crippen molar-refractivity contribution >= 4 is 11.7 Å². The van der Waals surface area contributed by atoms with E-state index in [9.17, 15) is 13.6 Å². The van der Waals surface area contributed by atoms with Gasteiger partial charge < -0.3 is 15.4 Å². The van der Waals surface area contributed by atoms with E-state index < -0.39 is 17.7 Å². The van der Waals surface area contributed by atoms with E-state index in [1.807, 2.05) is 24.3 Å². The molecule has 122 valence electrons. The van der Waals surface area contributed by atoms with Crippen molar-refractivity contribution in [1.29, 1.82) is 0 Å². The molecule has 2 N–H and O–H groups in total. The maximum Gasteiger partial charge on any atom is 0.319 e. The monoisotopic (exact) mass is 320 g/mol. The molecule has 23 heavy (non-hydrogen) atoms. The molecule has 6 heteroatoms. The second-order valence-electron chi connectivity index (χ2n) is 4.86. The molecule has 0 heterocycles. The predicted molar refractivity (Wildman–Crippen MR) is 84.7 cm³/mol. The van der Waals surface area contributed by atoms with Crippen molar-refractivity contribution in [2.24, 2.45) is 0 Å². The van der Waals surface area contributed by atoms with Gasteiger partial charge in [-0.3, -0.25) is 0 Å². The van der Waals surface area contributed by atoms with E-state index in [4.69, 9.17) is 4.74 Å². The van der Waals surface area contributed by atoms with Crippen LogP contribution >= 0.6 is 0 Å². The number of anilines is 1. The molecule has 0 atom stereocenters. The Morgan fingerprint density at radius 2 is 1.83 bits per heavy atom. The third kappa shape index (κ3) is 5.25. The lowest BCUT2D eigenvalue weighted by Crippen LogP contribution is -2.32. The Morgan fingerprint density at radius 3 is 2.48 bits per heavy atom. The minimum Gasteiger partial charge on any atom is -0.492 e. The number of aryl methyl sites for hydroxylation is 1. The molecule has 0 unspecified atom stereocenters. The third-order valence-electron chi connectivity index (χ3n) is 3.17. The van der Waals surface area contributed by atoms with Crippen molar-refractivity contribution in [3.05, 3.63) is 59.7 Å². The number of amides is 2. The Morgan fingerprint density at radius 1 is 1.09 bits per heavy atom. The van der Waals surface area contributed by atoms with Gasteiger partial charge in [-0.05, 0) is 36.2 Å². The van der Waals surface area contributed by atoms with E-state index in [0.717, 1.165) is 24.3 Å². The van der Waals surface area contributed by atoms with Gasteiger partial charge in [0.25, 0.3) is 0 Å². The number of hydrogen-bond acceptors (Lipinski definition) is 2. The number of halogens is 2. The Kier molecular flexibility index (Phi) is 5.91. The summed E-state index contributed by atoms with van der Waals surface area (Å²) < 4.78 is 31.3. The molecule has 0 aromatic heterocycles. The van der Waals surface area contributed by atoms with Crippen molar-refractivity contribution < 1.29 is 18.3 Å². The molecule has 0 radical (unpaired) electrons. The molecule has 2 amide bonds. The summed E-state index contributed by atoms with van der Waals surface area (Å²) in [6.45, 7) is 2.66. The highest BCUT2D eigenvalue weighted by Gasteiger charge is 2.05. The van der Waals surface area contributed by atoms with Crippen LogP contribution in [0.2, 0.25) is 0 Å². The van der Waals surface area contributed by atoms with Gasteiger partial charge in [0.1, 0.15) is 12.4 Å². The molecule has 0 saturated carbocycles. The molecular weight excluding hydrogens is 302 g/mol. The van der Waals surface area contributed by atoms with Gasteiger partial charge >= 0.3 is 6.03 Å². The summed E-state index contributed by atoms with van der Waals surface area (Å²) in [6, 6.07) is 10.4. The molecule has 0 saturated heterocycles. The molecule has 0 spiro atoms. The molecule has 0 bridgehead atoms. The number of rotatable bonds is 6. The molecule has 2 rings (SSSR count). The lowest BCUT2D eigenvalue weighted by Gasteiger charge is -2.09. The maximum absolute atomic E-state index is 13.0. The van der Waals surface area contributed by atoms with Crippen LogP contribution in [0.4, 0.5) is 19.3 Å². The van der Waals surface area contributed by atoms with E-state index in [0.29, 0.717) is 6.61 Å². The molecule has 2 aromatic carbocycles. The zero-order valence-electron chi connectivity index (χ0n) is 12.7. The highest BCUT2D eigenvalue weighted by Crippen LogP contribution is 2.13. The highest BCUT2D eigenvalue weighted by molar-refractivity contribution is 5.89. The number of carbonyl (C=O) groups excluding carboxylic acids is 1. The lowest BCUT2D eigenvalue weighted by atomic mass is 10.2. The van der Waals surface area contributed by atoms with Crippen LogP contribution < -0.4 is 15.4 Å². The number of carbonyl (C=O) groups is 1. The number of nitrogens with one attached hydrogen (secondary N) is 2. The van der Waals surface area contributed by atoms with Gasteiger partial charge in [-0.2, -0.15) is 0 Å². The zero-order valence-corrected chi connectivity index (χ0v) is 12.7. The van der Waals surface area contributed by atoms with Gasteiger partial charge in [-0.1, -0.05) is 19.1 Å². The van der Waals surface area contributed by atoms with Crippen molar-refractivity contribution in [3.63, 3.8) is 0 Å². The molecule has 0 aliphatic carbocycles. The van der Waals surface area contributed by atoms with Crippen molar-refractivity contribution in [3.8, 4) is 5.75 Å². The fourth-order valence-electron chi connectivity index (χ4n) is 1.90. The number of urea groups is 1. The number of hydrogen-bond donors (Lipinski definition) is 2. The molecule has 0 fully saturated rings. The van der Waals surface area contributed by atoms with Crippen LogP contribution in [0.15, 0.2) is 42.5 Å². The normalized spacial score (nSPS) is 10.2. The summed E-state index contributed by atoms with van der Waals surface area (Å²) in [7, 11) is 0. The van der Waals surface area contributed by atoms with Gasteiger partial charge in [0, 0.05) is 11.8 Å². The van der Waals surface area contributed by atoms with Crippen LogP contribution in [0.3, 0.4) is 0 Å². The lowest BCUT2D eigenvalue weighted by molar-refractivity contribution is 0.247. The average Bonchev–Trinajstić information content (AvgIpc) is 2.55. The predicted octanol–water partition coefficient (Wildman–Crippen LogP) is 3.73. The second-order valence-corrected chi connectivity index (χ2v) is 4.86. The summed E-state index contributed by atoms with van der Waals surface area (Å²) in [5.74, 6) is -1.25. The maximum atomic E-state index is 13.0. The number of ether oxygens (including phenoxy) is 1. The van der Waals surface area contributed by atoms with Crippen LogP contribution in [-0.4, -0.2) is 19.2 Å². The molecule has 0 aliphatic rings. The van der Waals surface area contributed by atoms with E-state index in [2.05, 4.69) is 17.6 Å². The van der Waals surface area contributed by atoms with Crippen LogP contribution in [0, 0.1) is 11.6 Å². The molecular formula is C17H18F2N2O2. The third-order valence-corrected chi connectivity index (χ3v) is 3.17. The Bertz CT molecular complexity index is 660. The van der Waals surface area contributed by atoms with Crippen LogP contribution in [-0.2, 0) is 6.42 Å². The minimum absolute atomic E-state index is 0.178. The standard InChI is InChI=1S/C17H18F2N2O2/c1-2-12-3-6-14(7-4-12)23-10-9-20-17(22)21-13-5-8-15(18)16(19)11-13/h3-8,11H,2,9-10H2,1H3,(H2,20,21,22). The molecule has 0 aliphatic heterocycles. The fraction of sp³-hybridized carbons (Fsp3) is 0.235. The van der Waals surface area contributed by atoms with Gasteiger partial charge in [-0.15, -0.1) is 0 Å². The van der Waals surface area contributed by atoms with Crippen LogP contribution in [0.25, 0.3) is 0 Å². The summed E-state index contributed by atoms with van der Waals surface area (Å²) in [4.78, 5) is 11.6. The van der Waals surface area contributed by atoms with Crippen molar-refractivity contribution in [2.45, 2.75) is 13.3 Å². The Balaban J connectivity index is 1.70. The van der Waals surface area contributed by atoms with Crippen molar-refractivity contribution in [1.82, 2.24) is 5.32 Å². The summed E-state index contributed by atoms with van der Waals surface area (Å²) in [5.41, 5.74) is 1.40. The fourth-order valence-corrected chi connectivity index (χ4v) is 1.90. The van der Waals surface area contributed by atoms with Gasteiger partial charge in [-0.25, -0.2) is 13.6 Å². The summed E-state index contributed by atoms with van der Waals surface area (Å²) in [6.07, 6.45) is 0.964. The van der Waals surface area contributed by atoms with Gasteiger partial charge in [0.05, 0.1) is 6.54 Å². The summed E-state index contributed by atoms with van der Waals surface area (Å²) >= 11 is 0. The molecule has 2 aromatic rings. The minimum atomic E-state index is -1.01. The van der Waals surface area contributed by atoms with Crippen molar-refractivity contribution in [2.75, 3.05) is 18.5 Å². The smallest absolute Gasteiger partial charge is 0.319 e. The first-order chi connectivity index (χ1) is 11.1. The van der Waals surface area contributed by atoms with Crippen LogP contribution in [0.5, 0.6) is 5.75 Å². The first kappa shape index (κ1) is 16.7. The average molecular weight is 320 g/mol. The van der Waals surface area contributed by atoms with E-state index in [-0.39, 0.29) is 12.2 Å². The summed E-state index contributed by atoms with van der Waals surface area (Å²) in [5, 5.41) is 4.98. The van der Waals surface area contributed by atoms with E-state index >= 15 is 0 Å². The quantitative estimate of drug-likeness (QED) is 0.797. The Hall–Kier alpha value is -2.63. The van der Waals surface area contributed by atoms with E-state index in [1.54, 1.807) is 0 Å². The Labute approximate surface area is 133 Å². The van der Waals surface area contributed by atoms with Gasteiger partial charge in [0.15, 0.2) is 11.6 Å².